The number of nitrogens with zero attached hydrogens (tertiary/aromatic N) is 1. The second-order valence-corrected chi connectivity index (χ2v) is 3.31. The number of pyridine rings is 1. The summed E-state index contributed by atoms with van der Waals surface area (Å²) in [4.78, 5) is 3.95. The van der Waals surface area contributed by atoms with Gasteiger partial charge in [0.1, 0.15) is 0 Å². The van der Waals surface area contributed by atoms with E-state index >= 15 is 0 Å². The highest BCUT2D eigenvalue weighted by Crippen LogP contribution is 2.13. The largest absolute Gasteiger partial charge is 0.255 e. The lowest BCUT2D eigenvalue weighted by molar-refractivity contribution is 0.600. The Bertz CT molecular complexity index is 237. The summed E-state index contributed by atoms with van der Waals surface area (Å²) >= 11 is 1.96. The normalized spacial score (nSPS) is 10.0. The van der Waals surface area contributed by atoms with Crippen LogP contribution in [0.1, 0.15) is 11.4 Å². The van der Waals surface area contributed by atoms with Gasteiger partial charge in [-0.2, -0.15) is 0 Å². The predicted molar refractivity (Wildman–Crippen MR) is 46.4 cm³/mol. The molecule has 0 unspecified atom stereocenters. The van der Waals surface area contributed by atoms with Gasteiger partial charge in [0.2, 0.25) is 0 Å². The van der Waals surface area contributed by atoms with E-state index in [1.54, 1.807) is 13.0 Å². The van der Waals surface area contributed by atoms with Crippen LogP contribution < -0.4 is 0 Å². The summed E-state index contributed by atoms with van der Waals surface area (Å²) < 4.78 is 13.5. The Labute approximate surface area is 72.8 Å². The van der Waals surface area contributed by atoms with Gasteiger partial charge >= 0.3 is 0 Å². The van der Waals surface area contributed by atoms with Crippen molar-refractivity contribution < 1.29 is 4.39 Å². The smallest absolute Gasteiger partial charge is 0.157 e. The lowest BCUT2D eigenvalue weighted by Crippen LogP contribution is -1.93. The van der Waals surface area contributed by atoms with Crippen LogP contribution >= 0.6 is 22.6 Å². The van der Waals surface area contributed by atoms with Crippen LogP contribution in [0.25, 0.3) is 0 Å². The minimum absolute atomic E-state index is 0.203. The average molecular weight is 251 g/mol. The van der Waals surface area contributed by atoms with E-state index in [2.05, 4.69) is 4.98 Å². The summed E-state index contributed by atoms with van der Waals surface area (Å²) in [5, 5.41) is 0. The van der Waals surface area contributed by atoms with Crippen LogP contribution in [-0.2, 0) is 0 Å². The first kappa shape index (κ1) is 7.91. The Kier molecular flexibility index (Phi) is 2.23. The van der Waals surface area contributed by atoms with Gasteiger partial charge in [0, 0.05) is 5.69 Å². The van der Waals surface area contributed by atoms with Crippen molar-refractivity contribution in [2.75, 3.05) is 0 Å². The Morgan fingerprint density at radius 1 is 1.50 bits per heavy atom. The highest BCUT2D eigenvalue weighted by Gasteiger charge is 2.03. The fraction of sp³-hybridized carbons (Fsp3) is 0.286. The van der Waals surface area contributed by atoms with E-state index in [0.717, 1.165) is 5.69 Å². The van der Waals surface area contributed by atoms with Crippen molar-refractivity contribution in [1.82, 2.24) is 4.98 Å². The number of aromatic nitrogens is 1. The molecule has 0 aliphatic rings. The van der Waals surface area contributed by atoms with Crippen molar-refractivity contribution in [2.24, 2.45) is 0 Å². The fourth-order valence-corrected chi connectivity index (χ4v) is 1.61. The third kappa shape index (κ3) is 1.45. The Morgan fingerprint density at radius 2 is 2.10 bits per heavy atom. The maximum Gasteiger partial charge on any atom is 0.157 e. The lowest BCUT2D eigenvalue weighted by atomic mass is 10.3. The third-order valence-electron chi connectivity index (χ3n) is 1.21. The van der Waals surface area contributed by atoms with Gasteiger partial charge < -0.3 is 0 Å². The molecule has 0 saturated heterocycles. The molecule has 3 heteroatoms. The Hall–Kier alpha value is -0.190. The third-order valence-corrected chi connectivity index (χ3v) is 1.99. The van der Waals surface area contributed by atoms with Crippen LogP contribution in [0.2, 0.25) is 0 Å². The minimum Gasteiger partial charge on any atom is -0.255 e. The van der Waals surface area contributed by atoms with Crippen LogP contribution in [0.5, 0.6) is 0 Å². The summed E-state index contributed by atoms with van der Waals surface area (Å²) in [7, 11) is 0. The molecule has 0 bridgehead atoms. The van der Waals surface area contributed by atoms with E-state index in [1.807, 2.05) is 29.5 Å². The molecule has 0 fully saturated rings. The number of halogens is 2. The monoisotopic (exact) mass is 251 g/mol. The van der Waals surface area contributed by atoms with Crippen LogP contribution in [0.4, 0.5) is 4.39 Å². The van der Waals surface area contributed by atoms with Crippen molar-refractivity contribution >= 4 is 22.6 Å². The van der Waals surface area contributed by atoms with Crippen LogP contribution in [0.3, 0.4) is 0 Å². The van der Waals surface area contributed by atoms with Gasteiger partial charge in [0.05, 0.1) is 9.26 Å². The molecule has 1 aromatic heterocycles. The molecule has 0 amide bonds. The number of hydrogen-bond donors (Lipinski definition) is 0. The molecule has 0 aromatic carbocycles. The van der Waals surface area contributed by atoms with E-state index in [0.29, 0.717) is 9.26 Å². The van der Waals surface area contributed by atoms with Gasteiger partial charge in [-0.3, -0.25) is 4.98 Å². The highest BCUT2D eigenvalue weighted by atomic mass is 127. The molecule has 1 heterocycles. The number of hydrogen-bond acceptors (Lipinski definition) is 1. The SMILES string of the molecule is Cc1cc(I)c(F)c(C)n1. The van der Waals surface area contributed by atoms with Crippen molar-refractivity contribution in [3.8, 4) is 0 Å². The molecule has 1 nitrogen and oxygen atoms in total. The van der Waals surface area contributed by atoms with Gasteiger partial charge in [0.15, 0.2) is 5.82 Å². The topological polar surface area (TPSA) is 12.9 Å². The first-order valence-electron chi connectivity index (χ1n) is 2.90. The zero-order chi connectivity index (χ0) is 7.72. The second-order valence-electron chi connectivity index (χ2n) is 2.14. The van der Waals surface area contributed by atoms with E-state index in [9.17, 15) is 4.39 Å². The first-order chi connectivity index (χ1) is 4.61. The molecule has 0 N–H and O–H groups in total. The lowest BCUT2D eigenvalue weighted by Gasteiger charge is -1.98. The van der Waals surface area contributed by atoms with Gasteiger partial charge in [-0.05, 0) is 42.5 Å². The van der Waals surface area contributed by atoms with Crippen molar-refractivity contribution in [2.45, 2.75) is 13.8 Å². The summed E-state index contributed by atoms with van der Waals surface area (Å²) in [5.41, 5.74) is 1.34. The first-order valence-corrected chi connectivity index (χ1v) is 3.98. The molecule has 0 atom stereocenters. The molecule has 0 radical (unpaired) electrons. The van der Waals surface area contributed by atoms with Gasteiger partial charge in [-0.15, -0.1) is 0 Å². The van der Waals surface area contributed by atoms with E-state index in [1.165, 1.54) is 0 Å². The van der Waals surface area contributed by atoms with E-state index in [4.69, 9.17) is 0 Å². The molecule has 1 aromatic rings. The summed E-state index contributed by atoms with van der Waals surface area (Å²) in [6, 6.07) is 1.73. The molecule has 0 spiro atoms. The van der Waals surface area contributed by atoms with Crippen LogP contribution in [0, 0.1) is 23.2 Å². The fourth-order valence-electron chi connectivity index (χ4n) is 0.765. The molecular formula is C7H7FIN. The average Bonchev–Trinajstić information content (AvgIpc) is 1.82. The molecule has 0 saturated carbocycles. The highest BCUT2D eigenvalue weighted by molar-refractivity contribution is 14.1. The maximum atomic E-state index is 12.8. The van der Waals surface area contributed by atoms with E-state index < -0.39 is 0 Å². The summed E-state index contributed by atoms with van der Waals surface area (Å²) in [6.07, 6.45) is 0. The van der Waals surface area contributed by atoms with Gasteiger partial charge in [0.25, 0.3) is 0 Å². The van der Waals surface area contributed by atoms with Crippen molar-refractivity contribution in [3.63, 3.8) is 0 Å². The number of rotatable bonds is 0. The molecule has 1 rings (SSSR count). The predicted octanol–water partition coefficient (Wildman–Crippen LogP) is 2.44. The Morgan fingerprint density at radius 3 is 2.60 bits per heavy atom. The molecule has 54 valence electrons. The zero-order valence-corrected chi connectivity index (χ0v) is 7.94. The second kappa shape index (κ2) is 2.82. The summed E-state index contributed by atoms with van der Waals surface area (Å²) in [5.74, 6) is -0.203. The van der Waals surface area contributed by atoms with Gasteiger partial charge in [-0.25, -0.2) is 4.39 Å². The standard InChI is InChI=1S/C7H7FIN/c1-4-3-6(9)7(8)5(2)10-4/h3H,1-2H3. The number of aryl methyl sites for hydroxylation is 2. The maximum absolute atomic E-state index is 12.8. The Balaban J connectivity index is 3.31. The zero-order valence-electron chi connectivity index (χ0n) is 5.78. The van der Waals surface area contributed by atoms with Gasteiger partial charge in [-0.1, -0.05) is 0 Å². The van der Waals surface area contributed by atoms with Crippen LogP contribution in [-0.4, -0.2) is 4.98 Å². The van der Waals surface area contributed by atoms with Crippen molar-refractivity contribution in [3.05, 3.63) is 26.8 Å². The molecule has 0 aliphatic carbocycles. The van der Waals surface area contributed by atoms with Crippen LogP contribution in [0.15, 0.2) is 6.07 Å². The molecule has 10 heavy (non-hydrogen) atoms. The van der Waals surface area contributed by atoms with Crippen molar-refractivity contribution in [1.29, 1.82) is 0 Å². The molecule has 0 aliphatic heterocycles. The molecular weight excluding hydrogens is 244 g/mol. The summed E-state index contributed by atoms with van der Waals surface area (Å²) in [6.45, 7) is 3.53. The minimum atomic E-state index is -0.203. The quantitative estimate of drug-likeness (QED) is 0.645. The van der Waals surface area contributed by atoms with E-state index in [-0.39, 0.29) is 5.82 Å².